The lowest BCUT2D eigenvalue weighted by Gasteiger charge is -2.25. The van der Waals surface area contributed by atoms with Gasteiger partial charge in [-0.15, -0.1) is 0 Å². The Labute approximate surface area is 78.0 Å². The number of nitrogens with zero attached hydrogens (tertiary/aromatic N) is 1. The van der Waals surface area contributed by atoms with Crippen LogP contribution in [0.5, 0.6) is 17.2 Å². The number of aromatic hydroxyl groups is 2. The topological polar surface area (TPSA) is 52.9 Å². The number of hydrogen-bond acceptors (Lipinski definition) is 4. The number of fused-ring (bicyclic) bond motifs is 1. The summed E-state index contributed by atoms with van der Waals surface area (Å²) in [5.74, 6) is 0.518. The quantitative estimate of drug-likeness (QED) is 0.613. The molecule has 2 rings (SSSR count). The Morgan fingerprint density at radius 3 is 2.92 bits per heavy atom. The third-order valence-corrected chi connectivity index (χ3v) is 2.21. The van der Waals surface area contributed by atoms with Crippen LogP contribution in [0.4, 0.5) is 0 Å². The van der Waals surface area contributed by atoms with Crippen LogP contribution in [-0.4, -0.2) is 21.6 Å². The van der Waals surface area contributed by atoms with Gasteiger partial charge >= 0.3 is 0 Å². The average molecular weight is 199 g/mol. The van der Waals surface area contributed by atoms with E-state index in [1.807, 2.05) is 4.67 Å². The van der Waals surface area contributed by atoms with Gasteiger partial charge in [0.2, 0.25) is 0 Å². The minimum Gasteiger partial charge on any atom is -0.508 e. The van der Waals surface area contributed by atoms with Crippen molar-refractivity contribution in [3.05, 3.63) is 17.7 Å². The molecule has 1 unspecified atom stereocenters. The van der Waals surface area contributed by atoms with Gasteiger partial charge in [0.25, 0.3) is 0 Å². The maximum Gasteiger partial charge on any atom is 0.167 e. The number of rotatable bonds is 0. The molecule has 1 aliphatic rings. The molecule has 0 aliphatic carbocycles. The lowest BCUT2D eigenvalue weighted by atomic mass is 10.1. The first-order valence-corrected chi connectivity index (χ1v) is 4.36. The largest absolute Gasteiger partial charge is 0.508 e. The normalized spacial score (nSPS) is 16.4. The predicted octanol–water partition coefficient (Wildman–Crippen LogP) is 1.04. The summed E-state index contributed by atoms with van der Waals surface area (Å²) in [7, 11) is 2.50. The summed E-state index contributed by atoms with van der Waals surface area (Å²) >= 11 is 0. The predicted molar refractivity (Wildman–Crippen MR) is 50.5 cm³/mol. The molecule has 70 valence electrons. The number of phenolic OH excluding ortho intramolecular Hbond substituents is 2. The van der Waals surface area contributed by atoms with E-state index in [0.717, 1.165) is 5.56 Å². The lowest BCUT2D eigenvalue weighted by molar-refractivity contribution is 0.173. The van der Waals surface area contributed by atoms with E-state index in [1.54, 1.807) is 6.07 Å². The Bertz CT molecular complexity index is 342. The van der Waals surface area contributed by atoms with Gasteiger partial charge < -0.3 is 14.9 Å². The van der Waals surface area contributed by atoms with Crippen LogP contribution in [0.2, 0.25) is 0 Å². The summed E-state index contributed by atoms with van der Waals surface area (Å²) in [6.45, 7) is 1.07. The van der Waals surface area contributed by atoms with Crippen molar-refractivity contribution in [1.82, 2.24) is 4.67 Å². The van der Waals surface area contributed by atoms with Gasteiger partial charge in [0.05, 0.1) is 0 Å². The van der Waals surface area contributed by atoms with Crippen molar-refractivity contribution in [2.45, 2.75) is 6.54 Å². The van der Waals surface area contributed by atoms with Crippen LogP contribution in [0.3, 0.4) is 0 Å². The number of hydrogen-bond donors (Lipinski definition) is 2. The number of ether oxygens (including phenoxy) is 1. The molecule has 0 amide bonds. The highest BCUT2D eigenvalue weighted by molar-refractivity contribution is 7.13. The first-order valence-electron chi connectivity index (χ1n) is 3.84. The van der Waals surface area contributed by atoms with Crippen LogP contribution >= 0.6 is 9.39 Å². The van der Waals surface area contributed by atoms with Gasteiger partial charge in [0.1, 0.15) is 12.5 Å². The van der Waals surface area contributed by atoms with Crippen molar-refractivity contribution < 1.29 is 14.9 Å². The van der Waals surface area contributed by atoms with Gasteiger partial charge in [0.15, 0.2) is 11.5 Å². The van der Waals surface area contributed by atoms with Crippen molar-refractivity contribution in [3.63, 3.8) is 0 Å². The van der Waals surface area contributed by atoms with Gasteiger partial charge in [-0.1, -0.05) is 9.39 Å². The van der Waals surface area contributed by atoms with Crippen LogP contribution in [0.1, 0.15) is 5.56 Å². The SMILES string of the molecule is Oc1cc(O)c2c(c1)CN(P)CO2. The molecule has 2 N–H and O–H groups in total. The Kier molecular flexibility index (Phi) is 2.02. The lowest BCUT2D eigenvalue weighted by Crippen LogP contribution is -2.23. The number of benzene rings is 1. The maximum atomic E-state index is 9.41. The highest BCUT2D eigenvalue weighted by Gasteiger charge is 2.18. The molecular weight excluding hydrogens is 189 g/mol. The van der Waals surface area contributed by atoms with E-state index in [1.165, 1.54) is 6.07 Å². The van der Waals surface area contributed by atoms with Crippen LogP contribution in [0, 0.1) is 0 Å². The van der Waals surface area contributed by atoms with Crippen LogP contribution in [0.25, 0.3) is 0 Å². The van der Waals surface area contributed by atoms with Crippen molar-refractivity contribution in [1.29, 1.82) is 0 Å². The van der Waals surface area contributed by atoms with E-state index in [-0.39, 0.29) is 11.5 Å². The molecule has 1 atom stereocenters. The second-order valence-corrected chi connectivity index (χ2v) is 3.70. The van der Waals surface area contributed by atoms with E-state index < -0.39 is 0 Å². The summed E-state index contributed by atoms with van der Waals surface area (Å²) in [6, 6.07) is 2.86. The molecule has 4 nitrogen and oxygen atoms in total. The van der Waals surface area contributed by atoms with Crippen molar-refractivity contribution >= 4 is 9.39 Å². The van der Waals surface area contributed by atoms with Gasteiger partial charge in [-0.2, -0.15) is 0 Å². The summed E-state index contributed by atoms with van der Waals surface area (Å²) in [4.78, 5) is 0. The molecule has 0 saturated carbocycles. The molecule has 1 heterocycles. The second kappa shape index (κ2) is 3.05. The van der Waals surface area contributed by atoms with Gasteiger partial charge in [-0.25, -0.2) is 0 Å². The van der Waals surface area contributed by atoms with Crippen molar-refractivity contribution in [2.75, 3.05) is 6.73 Å². The maximum absolute atomic E-state index is 9.41. The van der Waals surface area contributed by atoms with E-state index in [0.29, 0.717) is 19.0 Å². The third kappa shape index (κ3) is 1.55. The first-order chi connectivity index (χ1) is 6.16. The molecule has 0 radical (unpaired) electrons. The molecule has 0 saturated heterocycles. The number of phenols is 2. The molecule has 0 aromatic heterocycles. The van der Waals surface area contributed by atoms with Crippen LogP contribution < -0.4 is 4.74 Å². The van der Waals surface area contributed by atoms with Gasteiger partial charge in [0, 0.05) is 18.2 Å². The molecular formula is C8H10NO3P. The fraction of sp³-hybridized carbons (Fsp3) is 0.250. The Balaban J connectivity index is 2.47. The fourth-order valence-electron chi connectivity index (χ4n) is 1.35. The molecule has 0 fully saturated rings. The highest BCUT2D eigenvalue weighted by atomic mass is 31.0. The van der Waals surface area contributed by atoms with Gasteiger partial charge in [-0.3, -0.25) is 4.67 Å². The molecule has 13 heavy (non-hydrogen) atoms. The Morgan fingerprint density at radius 1 is 1.38 bits per heavy atom. The zero-order chi connectivity index (χ0) is 9.42. The standard InChI is InChI=1S/C8H10NO3P/c10-6-1-5-3-9(13)4-12-8(5)7(11)2-6/h1-2,10-11H,3-4,13H2. The van der Waals surface area contributed by atoms with Crippen molar-refractivity contribution in [3.8, 4) is 17.2 Å². The van der Waals surface area contributed by atoms with Crippen molar-refractivity contribution in [2.24, 2.45) is 0 Å². The smallest absolute Gasteiger partial charge is 0.167 e. The Hall–Kier alpha value is -0.990. The minimum atomic E-state index is -0.00639. The zero-order valence-electron chi connectivity index (χ0n) is 6.90. The van der Waals surface area contributed by atoms with Crippen LogP contribution in [0.15, 0.2) is 12.1 Å². The van der Waals surface area contributed by atoms with Gasteiger partial charge in [-0.05, 0) is 6.07 Å². The monoisotopic (exact) mass is 199 g/mol. The average Bonchev–Trinajstić information content (AvgIpc) is 2.02. The second-order valence-electron chi connectivity index (χ2n) is 2.97. The molecule has 1 aromatic rings. The summed E-state index contributed by atoms with van der Waals surface area (Å²) in [5, 5.41) is 18.6. The zero-order valence-corrected chi connectivity index (χ0v) is 8.05. The molecule has 1 aliphatic heterocycles. The summed E-state index contributed by atoms with van der Waals surface area (Å²) in [5.41, 5.74) is 0.791. The third-order valence-electron chi connectivity index (χ3n) is 1.88. The fourth-order valence-corrected chi connectivity index (χ4v) is 1.62. The van der Waals surface area contributed by atoms with Crippen LogP contribution in [-0.2, 0) is 6.54 Å². The molecule has 0 bridgehead atoms. The van der Waals surface area contributed by atoms with E-state index >= 15 is 0 Å². The summed E-state index contributed by atoms with van der Waals surface area (Å²) < 4.78 is 7.13. The molecule has 5 heteroatoms. The van der Waals surface area contributed by atoms with E-state index in [4.69, 9.17) is 4.74 Å². The van der Waals surface area contributed by atoms with E-state index in [9.17, 15) is 10.2 Å². The summed E-state index contributed by atoms with van der Waals surface area (Å²) in [6.07, 6.45) is 0. The Morgan fingerprint density at radius 2 is 2.15 bits per heavy atom. The first kappa shape index (κ1) is 8.60. The minimum absolute atomic E-state index is 0.00639. The molecule has 1 aromatic carbocycles. The molecule has 0 spiro atoms. The highest BCUT2D eigenvalue weighted by Crippen LogP contribution is 2.37. The van der Waals surface area contributed by atoms with E-state index in [2.05, 4.69) is 9.39 Å².